The smallest absolute Gasteiger partial charge is 0.0889 e. The van der Waals surface area contributed by atoms with Gasteiger partial charge in [-0.2, -0.15) is 0 Å². The number of nitrogens with zero attached hydrogens (tertiary/aromatic N) is 6. The normalized spacial score (nSPS) is 10.0. The van der Waals surface area contributed by atoms with Crippen LogP contribution in [0.4, 0.5) is 11.4 Å². The molecule has 12 heteroatoms. The molecule has 0 saturated heterocycles. The van der Waals surface area contributed by atoms with Gasteiger partial charge in [0.25, 0.3) is 0 Å². The van der Waals surface area contributed by atoms with Gasteiger partial charge in [-0.3, -0.25) is 29.9 Å². The van der Waals surface area contributed by atoms with Gasteiger partial charge in [0, 0.05) is 83.2 Å². The molecule has 0 N–H and O–H groups in total. The van der Waals surface area contributed by atoms with Crippen LogP contribution in [0.15, 0.2) is 95.2 Å². The van der Waals surface area contributed by atoms with Gasteiger partial charge in [0.2, 0.25) is 0 Å². The predicted molar refractivity (Wildman–Crippen MR) is 205 cm³/mol. The van der Waals surface area contributed by atoms with E-state index < -0.39 is 0 Å². The van der Waals surface area contributed by atoms with Crippen molar-refractivity contribution in [3.05, 3.63) is 119 Å². The number of aromatic nitrogens is 4. The van der Waals surface area contributed by atoms with E-state index in [1.54, 1.807) is 12.4 Å². The van der Waals surface area contributed by atoms with Gasteiger partial charge in [-0.25, -0.2) is 0 Å². The van der Waals surface area contributed by atoms with Crippen molar-refractivity contribution >= 4 is 91.7 Å². The van der Waals surface area contributed by atoms with Crippen LogP contribution in [0.1, 0.15) is 33.6 Å². The van der Waals surface area contributed by atoms with Crippen LogP contribution in [0.25, 0.3) is 22.8 Å². The van der Waals surface area contributed by atoms with E-state index in [9.17, 15) is 0 Å². The van der Waals surface area contributed by atoms with E-state index in [-0.39, 0.29) is 102 Å². The number of rotatable bonds is 8. The summed E-state index contributed by atoms with van der Waals surface area (Å²) < 4.78 is 0. The first-order chi connectivity index (χ1) is 19.5. The number of hydrogen-bond donors (Lipinski definition) is 0. The number of benzene rings is 1. The van der Waals surface area contributed by atoms with Gasteiger partial charge in [0.1, 0.15) is 0 Å². The van der Waals surface area contributed by atoms with Gasteiger partial charge in [0.15, 0.2) is 0 Å². The third kappa shape index (κ3) is 11.7. The maximum absolute atomic E-state index is 4.88. The van der Waals surface area contributed by atoms with Crippen LogP contribution in [-0.4, -0.2) is 32.4 Å². The van der Waals surface area contributed by atoms with Gasteiger partial charge >= 0.3 is 0 Å². The summed E-state index contributed by atoms with van der Waals surface area (Å²) in [5, 5.41) is 0. The SMILES string of the molecule is Br.Br.Br.Br.Cc1c(C)c(N=CCc2cccc(-c3ccccn3)n2)c(C)c(C)c1N=CCc1cccc(-c2ccccn2)n1.[Fe].[Fe]. The first kappa shape index (κ1) is 46.2. The molecule has 0 aliphatic rings. The van der Waals surface area contributed by atoms with Gasteiger partial charge in [-0.05, 0) is 98.5 Å². The van der Waals surface area contributed by atoms with Crippen molar-refractivity contribution in [2.45, 2.75) is 40.5 Å². The maximum atomic E-state index is 4.88. The zero-order valence-corrected chi connectivity index (χ0v) is 34.7. The van der Waals surface area contributed by atoms with Crippen molar-refractivity contribution in [2.75, 3.05) is 0 Å². The first-order valence-corrected chi connectivity index (χ1v) is 13.4. The molecular formula is C34H36Br4Fe2N6. The number of hydrogen-bond acceptors (Lipinski definition) is 6. The van der Waals surface area contributed by atoms with Crippen LogP contribution in [0.2, 0.25) is 0 Å². The van der Waals surface area contributed by atoms with Crippen molar-refractivity contribution < 1.29 is 34.1 Å². The molecule has 0 radical (unpaired) electrons. The van der Waals surface area contributed by atoms with Crippen LogP contribution in [-0.2, 0) is 47.0 Å². The second-order valence-corrected chi connectivity index (χ2v) is 9.69. The van der Waals surface area contributed by atoms with Crippen molar-refractivity contribution in [3.8, 4) is 22.8 Å². The first-order valence-electron chi connectivity index (χ1n) is 13.4. The fraction of sp³-hybridized carbons (Fsp3) is 0.176. The third-order valence-electron chi connectivity index (χ3n) is 7.06. The molecule has 0 fully saturated rings. The fourth-order valence-corrected chi connectivity index (χ4v) is 4.62. The Bertz CT molecular complexity index is 1550. The van der Waals surface area contributed by atoms with Crippen LogP contribution in [0.5, 0.6) is 0 Å². The molecule has 0 unspecified atom stereocenters. The molecule has 46 heavy (non-hydrogen) atoms. The molecule has 4 heterocycles. The molecule has 0 bridgehead atoms. The molecular weight excluding hydrogens is 924 g/mol. The molecule has 0 amide bonds. The number of aliphatic imine (C=N–C) groups is 2. The topological polar surface area (TPSA) is 76.3 Å². The van der Waals surface area contributed by atoms with Crippen LogP contribution >= 0.6 is 67.9 Å². The molecule has 0 aliphatic heterocycles. The molecule has 0 saturated carbocycles. The van der Waals surface area contributed by atoms with E-state index in [1.807, 2.05) is 85.2 Å². The largest absolute Gasteiger partial charge is 0.260 e. The summed E-state index contributed by atoms with van der Waals surface area (Å²) in [5.74, 6) is 0. The van der Waals surface area contributed by atoms with Crippen LogP contribution in [0.3, 0.4) is 0 Å². The van der Waals surface area contributed by atoms with Gasteiger partial charge in [0.05, 0.1) is 34.2 Å². The van der Waals surface area contributed by atoms with Gasteiger partial charge in [-0.1, -0.05) is 24.3 Å². The van der Waals surface area contributed by atoms with Crippen molar-refractivity contribution in [1.29, 1.82) is 0 Å². The Hall–Kier alpha value is -1.88. The average molecular weight is 960 g/mol. The molecule has 0 atom stereocenters. The Morgan fingerprint density at radius 1 is 0.478 bits per heavy atom. The minimum atomic E-state index is 0. The summed E-state index contributed by atoms with van der Waals surface area (Å²) in [5.41, 5.74) is 11.9. The van der Waals surface area contributed by atoms with E-state index in [2.05, 4.69) is 37.7 Å². The Labute approximate surface area is 334 Å². The van der Waals surface area contributed by atoms with E-state index in [0.29, 0.717) is 12.8 Å². The third-order valence-corrected chi connectivity index (χ3v) is 7.06. The van der Waals surface area contributed by atoms with Crippen LogP contribution < -0.4 is 0 Å². The maximum Gasteiger partial charge on any atom is 0.0889 e. The minimum Gasteiger partial charge on any atom is -0.260 e. The molecule has 0 spiro atoms. The van der Waals surface area contributed by atoms with E-state index in [1.165, 1.54) is 0 Å². The summed E-state index contributed by atoms with van der Waals surface area (Å²) in [6.07, 6.45) is 8.74. The van der Waals surface area contributed by atoms with E-state index >= 15 is 0 Å². The molecule has 246 valence electrons. The molecule has 1 aromatic carbocycles. The molecule has 6 nitrogen and oxygen atoms in total. The molecule has 5 rings (SSSR count). The number of halogens is 4. The van der Waals surface area contributed by atoms with Crippen molar-refractivity contribution in [2.24, 2.45) is 9.98 Å². The Balaban J connectivity index is 0. The summed E-state index contributed by atoms with van der Waals surface area (Å²) in [4.78, 5) is 28.1. The summed E-state index contributed by atoms with van der Waals surface area (Å²) >= 11 is 0. The van der Waals surface area contributed by atoms with Gasteiger partial charge in [-0.15, -0.1) is 67.9 Å². The zero-order chi connectivity index (χ0) is 27.9. The second kappa shape index (κ2) is 22.6. The number of pyridine rings is 4. The quantitative estimate of drug-likeness (QED) is 0.115. The second-order valence-electron chi connectivity index (χ2n) is 9.69. The van der Waals surface area contributed by atoms with Crippen molar-refractivity contribution in [1.82, 2.24) is 19.9 Å². The monoisotopic (exact) mass is 956 g/mol. The van der Waals surface area contributed by atoms with Crippen LogP contribution in [0, 0.1) is 27.7 Å². The Kier molecular flexibility index (Phi) is 22.8. The standard InChI is InChI=1S/C34H32N6.4BrH.2Fe/c1-23-24(2)34(38-22-18-28-12-10-16-32(40-28)30-14-6-8-20-36-30)26(4)25(3)33(23)37-21-17-27-11-9-15-31(39-27)29-13-5-7-19-35-29;;;;;;/h5-16,19-22H,17-18H2,1-4H3;4*1H;;. The van der Waals surface area contributed by atoms with E-state index in [4.69, 9.17) is 20.0 Å². The zero-order valence-electron chi connectivity index (χ0n) is 25.7. The Morgan fingerprint density at radius 3 is 1.15 bits per heavy atom. The molecule has 4 aromatic heterocycles. The summed E-state index contributed by atoms with van der Waals surface area (Å²) in [7, 11) is 0. The molecule has 5 aromatic rings. The average Bonchev–Trinajstić information content (AvgIpc) is 3.01. The van der Waals surface area contributed by atoms with E-state index in [0.717, 1.165) is 67.8 Å². The Morgan fingerprint density at radius 2 is 0.826 bits per heavy atom. The summed E-state index contributed by atoms with van der Waals surface area (Å²) in [6.45, 7) is 8.47. The van der Waals surface area contributed by atoms with Gasteiger partial charge < -0.3 is 0 Å². The summed E-state index contributed by atoms with van der Waals surface area (Å²) in [6, 6.07) is 23.7. The van der Waals surface area contributed by atoms with Crippen molar-refractivity contribution in [3.63, 3.8) is 0 Å². The predicted octanol–water partition coefficient (Wildman–Crippen LogP) is 10.0. The minimum absolute atomic E-state index is 0. The molecule has 0 aliphatic carbocycles. The fourth-order valence-electron chi connectivity index (χ4n) is 4.62.